The Morgan fingerprint density at radius 2 is 2.00 bits per heavy atom. The molecule has 0 saturated heterocycles. The molecule has 1 aromatic carbocycles. The molecule has 0 fully saturated rings. The minimum Gasteiger partial charge on any atom is -0.496 e. The quantitative estimate of drug-likeness (QED) is 0.789. The number of anilines is 1. The molecule has 0 aliphatic rings. The first-order valence-electron chi connectivity index (χ1n) is 6.71. The Hall–Kier alpha value is -2.69. The van der Waals surface area contributed by atoms with E-state index < -0.39 is 0 Å². The largest absolute Gasteiger partial charge is 0.496 e. The lowest BCUT2D eigenvalue weighted by Gasteiger charge is -2.08. The fourth-order valence-corrected chi connectivity index (χ4v) is 2.42. The van der Waals surface area contributed by atoms with Gasteiger partial charge < -0.3 is 19.4 Å². The zero-order valence-electron chi connectivity index (χ0n) is 11.9. The predicted molar refractivity (Wildman–Crippen MR) is 80.0 cm³/mol. The van der Waals surface area contributed by atoms with E-state index in [-0.39, 0.29) is 5.88 Å². The maximum atomic E-state index is 5.98. The van der Waals surface area contributed by atoms with E-state index in [2.05, 4.69) is 5.16 Å². The number of benzene rings is 1. The van der Waals surface area contributed by atoms with E-state index in [1.54, 1.807) is 13.4 Å². The van der Waals surface area contributed by atoms with Gasteiger partial charge in [-0.3, -0.25) is 0 Å². The number of aryl methyl sites for hydroxylation is 1. The Bertz CT molecular complexity index is 758. The smallest absolute Gasteiger partial charge is 0.230 e. The molecule has 21 heavy (non-hydrogen) atoms. The third-order valence-corrected chi connectivity index (χ3v) is 3.42. The van der Waals surface area contributed by atoms with Gasteiger partial charge in [-0.2, -0.15) is 0 Å². The molecule has 0 atom stereocenters. The second-order valence-electron chi connectivity index (χ2n) is 4.58. The second kappa shape index (κ2) is 5.36. The molecule has 2 N–H and O–H groups in total. The molecule has 2 heterocycles. The summed E-state index contributed by atoms with van der Waals surface area (Å²) >= 11 is 0. The molecule has 5 nitrogen and oxygen atoms in total. The number of para-hydroxylation sites is 1. The molecule has 0 aliphatic carbocycles. The van der Waals surface area contributed by atoms with Crippen LogP contribution in [0, 0.1) is 0 Å². The molecule has 5 heteroatoms. The minimum absolute atomic E-state index is 0.262. The van der Waals surface area contributed by atoms with Crippen LogP contribution < -0.4 is 10.5 Å². The monoisotopic (exact) mass is 284 g/mol. The summed E-state index contributed by atoms with van der Waals surface area (Å²) in [7, 11) is 1.62. The average molecular weight is 284 g/mol. The minimum atomic E-state index is 0.262. The van der Waals surface area contributed by atoms with Crippen LogP contribution in [0.15, 0.2) is 45.5 Å². The lowest BCUT2D eigenvalue weighted by molar-refractivity contribution is 0.416. The normalized spacial score (nSPS) is 10.8. The van der Waals surface area contributed by atoms with Crippen LogP contribution in [0.3, 0.4) is 0 Å². The van der Waals surface area contributed by atoms with Crippen molar-refractivity contribution < 1.29 is 13.7 Å². The number of furan rings is 1. The van der Waals surface area contributed by atoms with Gasteiger partial charge in [0.25, 0.3) is 0 Å². The Morgan fingerprint density at radius 1 is 1.19 bits per heavy atom. The van der Waals surface area contributed by atoms with Gasteiger partial charge in [0.15, 0.2) is 0 Å². The Kier molecular flexibility index (Phi) is 3.39. The highest BCUT2D eigenvalue weighted by molar-refractivity contribution is 5.89. The van der Waals surface area contributed by atoms with E-state index in [1.165, 1.54) is 0 Å². The molecule has 0 aliphatic heterocycles. The number of nitrogens with two attached hydrogens (primary N) is 1. The first-order valence-corrected chi connectivity index (χ1v) is 6.71. The Labute approximate surface area is 122 Å². The number of rotatable bonds is 4. The van der Waals surface area contributed by atoms with Crippen molar-refractivity contribution >= 4 is 5.88 Å². The maximum absolute atomic E-state index is 5.98. The average Bonchev–Trinajstić information content (AvgIpc) is 3.12. The van der Waals surface area contributed by atoms with Crippen LogP contribution in [0.5, 0.6) is 5.75 Å². The van der Waals surface area contributed by atoms with Crippen LogP contribution in [0.4, 0.5) is 5.88 Å². The van der Waals surface area contributed by atoms with Crippen molar-refractivity contribution in [2.75, 3.05) is 12.8 Å². The lowest BCUT2D eigenvalue weighted by Crippen LogP contribution is -1.92. The van der Waals surface area contributed by atoms with Crippen LogP contribution in [0.25, 0.3) is 22.4 Å². The van der Waals surface area contributed by atoms with Gasteiger partial charge in [0.1, 0.15) is 17.2 Å². The van der Waals surface area contributed by atoms with Gasteiger partial charge in [-0.25, -0.2) is 0 Å². The van der Waals surface area contributed by atoms with E-state index in [1.807, 2.05) is 37.3 Å². The highest BCUT2D eigenvalue weighted by Crippen LogP contribution is 2.41. The number of aromatic nitrogens is 1. The van der Waals surface area contributed by atoms with E-state index in [4.69, 9.17) is 19.4 Å². The van der Waals surface area contributed by atoms with Crippen molar-refractivity contribution in [3.05, 3.63) is 42.4 Å². The molecule has 0 bridgehead atoms. The molecular weight excluding hydrogens is 268 g/mol. The van der Waals surface area contributed by atoms with Crippen LogP contribution in [-0.4, -0.2) is 12.3 Å². The second-order valence-corrected chi connectivity index (χ2v) is 4.58. The molecule has 108 valence electrons. The molecule has 0 unspecified atom stereocenters. The van der Waals surface area contributed by atoms with E-state index in [9.17, 15) is 0 Å². The Morgan fingerprint density at radius 3 is 2.76 bits per heavy atom. The SMILES string of the molecule is CCc1occc1-c1noc(N)c1-c1ccccc1OC. The van der Waals surface area contributed by atoms with E-state index >= 15 is 0 Å². The van der Waals surface area contributed by atoms with Crippen molar-refractivity contribution in [1.29, 1.82) is 0 Å². The van der Waals surface area contributed by atoms with E-state index in [0.717, 1.165) is 34.6 Å². The fourth-order valence-electron chi connectivity index (χ4n) is 2.42. The topological polar surface area (TPSA) is 74.4 Å². The van der Waals surface area contributed by atoms with Crippen LogP contribution in [-0.2, 0) is 6.42 Å². The number of nitrogens with zero attached hydrogens (tertiary/aromatic N) is 1. The standard InChI is InChI=1S/C16H16N2O3/c1-3-12-11(8-9-20-12)15-14(16(17)21-18-15)10-6-4-5-7-13(10)19-2/h4-9H,3,17H2,1-2H3. The number of methoxy groups -OCH3 is 1. The van der Waals surface area contributed by atoms with Gasteiger partial charge in [-0.15, -0.1) is 0 Å². The molecule has 3 rings (SSSR count). The van der Waals surface area contributed by atoms with Crippen LogP contribution in [0.1, 0.15) is 12.7 Å². The van der Waals surface area contributed by atoms with Gasteiger partial charge in [0.05, 0.1) is 18.9 Å². The van der Waals surface area contributed by atoms with Gasteiger partial charge in [-0.1, -0.05) is 30.3 Å². The van der Waals surface area contributed by atoms with Crippen molar-refractivity contribution in [2.45, 2.75) is 13.3 Å². The number of ether oxygens (including phenoxy) is 1. The summed E-state index contributed by atoms with van der Waals surface area (Å²) in [4.78, 5) is 0. The summed E-state index contributed by atoms with van der Waals surface area (Å²) in [6.07, 6.45) is 2.41. The summed E-state index contributed by atoms with van der Waals surface area (Å²) in [6.45, 7) is 2.02. The highest BCUT2D eigenvalue weighted by Gasteiger charge is 2.22. The summed E-state index contributed by atoms with van der Waals surface area (Å²) in [5, 5.41) is 4.10. The fraction of sp³-hybridized carbons (Fsp3) is 0.188. The Balaban J connectivity index is 2.23. The van der Waals surface area contributed by atoms with Crippen molar-refractivity contribution in [2.24, 2.45) is 0 Å². The van der Waals surface area contributed by atoms with Crippen LogP contribution >= 0.6 is 0 Å². The number of hydrogen-bond acceptors (Lipinski definition) is 5. The van der Waals surface area contributed by atoms with Gasteiger partial charge >= 0.3 is 0 Å². The highest BCUT2D eigenvalue weighted by atomic mass is 16.5. The lowest BCUT2D eigenvalue weighted by atomic mass is 10.00. The third kappa shape index (κ3) is 2.16. The molecule has 2 aromatic heterocycles. The molecule has 0 radical (unpaired) electrons. The zero-order valence-corrected chi connectivity index (χ0v) is 11.9. The summed E-state index contributed by atoms with van der Waals surface area (Å²) in [5.74, 6) is 1.83. The summed E-state index contributed by atoms with van der Waals surface area (Å²) in [6, 6.07) is 9.50. The first kappa shape index (κ1) is 13.3. The third-order valence-electron chi connectivity index (χ3n) is 3.42. The number of hydrogen-bond donors (Lipinski definition) is 1. The van der Waals surface area contributed by atoms with Crippen molar-refractivity contribution in [3.8, 4) is 28.1 Å². The summed E-state index contributed by atoms with van der Waals surface area (Å²) in [5.41, 5.74) is 9.11. The predicted octanol–water partition coefficient (Wildman–Crippen LogP) is 3.75. The number of nitrogen functional groups attached to an aromatic ring is 1. The molecule has 3 aromatic rings. The summed E-state index contributed by atoms with van der Waals surface area (Å²) < 4.78 is 16.1. The van der Waals surface area contributed by atoms with E-state index in [0.29, 0.717) is 5.69 Å². The molecular formula is C16H16N2O3. The van der Waals surface area contributed by atoms with Gasteiger partial charge in [0, 0.05) is 17.5 Å². The molecule has 0 amide bonds. The molecule has 0 saturated carbocycles. The van der Waals surface area contributed by atoms with Crippen LogP contribution in [0.2, 0.25) is 0 Å². The maximum Gasteiger partial charge on any atom is 0.230 e. The van der Waals surface area contributed by atoms with Gasteiger partial charge in [0.2, 0.25) is 5.88 Å². The van der Waals surface area contributed by atoms with Gasteiger partial charge in [-0.05, 0) is 12.1 Å². The molecule has 0 spiro atoms. The zero-order chi connectivity index (χ0) is 14.8. The first-order chi connectivity index (χ1) is 10.3. The van der Waals surface area contributed by atoms with Crippen molar-refractivity contribution in [3.63, 3.8) is 0 Å². The van der Waals surface area contributed by atoms with Crippen molar-refractivity contribution in [1.82, 2.24) is 5.16 Å².